The van der Waals surface area contributed by atoms with E-state index in [-0.39, 0.29) is 24.6 Å². The standard InChI is InChI=1S/C15H11BrN2O4/c16-12-6-5-11-14(17-12)18(13(19)8-22-11)7-9-3-1-2-4-10(9)15(20)21/h1-6H,7-8H2,(H,20,21). The Hall–Kier alpha value is -2.41. The summed E-state index contributed by atoms with van der Waals surface area (Å²) >= 11 is 3.26. The van der Waals surface area contributed by atoms with Gasteiger partial charge in [-0.25, -0.2) is 9.78 Å². The number of fused-ring (bicyclic) bond motifs is 1. The van der Waals surface area contributed by atoms with Gasteiger partial charge in [0.2, 0.25) is 0 Å². The number of aromatic carboxylic acids is 1. The Balaban J connectivity index is 2.01. The minimum Gasteiger partial charge on any atom is -0.480 e. The van der Waals surface area contributed by atoms with E-state index < -0.39 is 5.97 Å². The Morgan fingerprint density at radius 1 is 1.32 bits per heavy atom. The van der Waals surface area contributed by atoms with Gasteiger partial charge in [-0.15, -0.1) is 0 Å². The summed E-state index contributed by atoms with van der Waals surface area (Å²) in [5, 5.41) is 9.25. The topological polar surface area (TPSA) is 79.7 Å². The molecule has 0 bridgehead atoms. The first kappa shape index (κ1) is 14.5. The summed E-state index contributed by atoms with van der Waals surface area (Å²) in [7, 11) is 0. The zero-order chi connectivity index (χ0) is 15.7. The Morgan fingerprint density at radius 2 is 2.09 bits per heavy atom. The molecule has 1 amide bonds. The molecule has 0 spiro atoms. The Kier molecular flexibility index (Phi) is 3.81. The molecule has 0 saturated carbocycles. The average molecular weight is 363 g/mol. The minimum absolute atomic E-state index is 0.0917. The molecule has 0 atom stereocenters. The van der Waals surface area contributed by atoms with Gasteiger partial charge in [0.1, 0.15) is 4.60 Å². The van der Waals surface area contributed by atoms with Crippen molar-refractivity contribution >= 4 is 33.6 Å². The molecule has 0 saturated heterocycles. The Morgan fingerprint density at radius 3 is 2.86 bits per heavy atom. The van der Waals surface area contributed by atoms with Crippen LogP contribution in [0, 0.1) is 0 Å². The van der Waals surface area contributed by atoms with Crippen LogP contribution in [0.4, 0.5) is 5.82 Å². The van der Waals surface area contributed by atoms with Crippen molar-refractivity contribution in [1.82, 2.24) is 4.98 Å². The molecule has 1 aliphatic rings. The van der Waals surface area contributed by atoms with Gasteiger partial charge in [-0.2, -0.15) is 0 Å². The third-order valence-electron chi connectivity index (χ3n) is 3.29. The number of pyridine rings is 1. The zero-order valence-electron chi connectivity index (χ0n) is 11.3. The average Bonchev–Trinajstić information content (AvgIpc) is 2.50. The Labute approximate surface area is 134 Å². The van der Waals surface area contributed by atoms with E-state index in [0.29, 0.717) is 21.7 Å². The number of benzene rings is 1. The first-order valence-electron chi connectivity index (χ1n) is 6.47. The second kappa shape index (κ2) is 5.76. The van der Waals surface area contributed by atoms with Crippen molar-refractivity contribution in [2.45, 2.75) is 6.54 Å². The lowest BCUT2D eigenvalue weighted by Gasteiger charge is -2.28. The second-order valence-electron chi connectivity index (χ2n) is 4.69. The quantitative estimate of drug-likeness (QED) is 0.848. The fraction of sp³-hybridized carbons (Fsp3) is 0.133. The van der Waals surface area contributed by atoms with Gasteiger partial charge in [0, 0.05) is 0 Å². The fourth-order valence-corrected chi connectivity index (χ4v) is 2.55. The lowest BCUT2D eigenvalue weighted by Crippen LogP contribution is -2.39. The molecule has 112 valence electrons. The lowest BCUT2D eigenvalue weighted by atomic mass is 10.1. The smallest absolute Gasteiger partial charge is 0.336 e. The van der Waals surface area contributed by atoms with Gasteiger partial charge in [-0.1, -0.05) is 18.2 Å². The van der Waals surface area contributed by atoms with Gasteiger partial charge in [0.05, 0.1) is 12.1 Å². The van der Waals surface area contributed by atoms with Crippen molar-refractivity contribution in [3.05, 3.63) is 52.1 Å². The molecule has 1 aliphatic heterocycles. The minimum atomic E-state index is -1.03. The van der Waals surface area contributed by atoms with E-state index >= 15 is 0 Å². The highest BCUT2D eigenvalue weighted by Crippen LogP contribution is 2.32. The summed E-state index contributed by atoms with van der Waals surface area (Å²) in [6, 6.07) is 10.0. The number of rotatable bonds is 3. The molecule has 0 radical (unpaired) electrons. The van der Waals surface area contributed by atoms with Crippen LogP contribution in [0.1, 0.15) is 15.9 Å². The van der Waals surface area contributed by atoms with Gasteiger partial charge >= 0.3 is 5.97 Å². The molecule has 1 N–H and O–H groups in total. The summed E-state index contributed by atoms with van der Waals surface area (Å²) in [4.78, 5) is 29.1. The second-order valence-corrected chi connectivity index (χ2v) is 5.50. The number of ether oxygens (including phenoxy) is 1. The zero-order valence-corrected chi connectivity index (χ0v) is 12.9. The van der Waals surface area contributed by atoms with Crippen LogP contribution in [0.5, 0.6) is 5.75 Å². The van der Waals surface area contributed by atoms with Crippen LogP contribution in [-0.2, 0) is 11.3 Å². The van der Waals surface area contributed by atoms with Gasteiger partial charge in [0.25, 0.3) is 5.91 Å². The van der Waals surface area contributed by atoms with Crippen molar-refractivity contribution in [1.29, 1.82) is 0 Å². The predicted octanol–water partition coefficient (Wildman–Crippen LogP) is 2.47. The van der Waals surface area contributed by atoms with Gasteiger partial charge in [-0.3, -0.25) is 9.69 Å². The SMILES string of the molecule is O=C(O)c1ccccc1CN1C(=O)COc2ccc(Br)nc21. The number of hydrogen-bond acceptors (Lipinski definition) is 4. The number of carboxylic acids is 1. The molecule has 3 rings (SSSR count). The summed E-state index contributed by atoms with van der Waals surface area (Å²) in [5.41, 5.74) is 0.705. The molecule has 0 fully saturated rings. The van der Waals surface area contributed by atoms with Gasteiger partial charge < -0.3 is 9.84 Å². The molecule has 2 aromatic rings. The van der Waals surface area contributed by atoms with Gasteiger partial charge in [0.15, 0.2) is 18.2 Å². The number of nitrogens with zero attached hydrogens (tertiary/aromatic N) is 2. The van der Waals surface area contributed by atoms with Crippen LogP contribution in [0.25, 0.3) is 0 Å². The summed E-state index contributed by atoms with van der Waals surface area (Å²) in [6.07, 6.45) is 0. The molecule has 1 aromatic carbocycles. The molecule has 0 unspecified atom stereocenters. The molecule has 0 aliphatic carbocycles. The van der Waals surface area contributed by atoms with Crippen LogP contribution in [0.3, 0.4) is 0 Å². The van der Waals surface area contributed by atoms with Crippen molar-refractivity contribution in [2.24, 2.45) is 0 Å². The van der Waals surface area contributed by atoms with E-state index in [2.05, 4.69) is 20.9 Å². The van der Waals surface area contributed by atoms with Crippen LogP contribution < -0.4 is 9.64 Å². The normalized spacial score (nSPS) is 13.5. The van der Waals surface area contributed by atoms with E-state index in [1.165, 1.54) is 11.0 Å². The number of hydrogen-bond donors (Lipinski definition) is 1. The first-order chi connectivity index (χ1) is 10.6. The first-order valence-corrected chi connectivity index (χ1v) is 7.26. The lowest BCUT2D eigenvalue weighted by molar-refractivity contribution is -0.121. The maximum Gasteiger partial charge on any atom is 0.336 e. The summed E-state index contributed by atoms with van der Waals surface area (Å²) < 4.78 is 5.92. The van der Waals surface area contributed by atoms with E-state index in [1.807, 2.05) is 0 Å². The molecule has 2 heterocycles. The highest BCUT2D eigenvalue weighted by molar-refractivity contribution is 9.10. The number of halogens is 1. The predicted molar refractivity (Wildman–Crippen MR) is 82.0 cm³/mol. The summed E-state index contributed by atoms with van der Waals surface area (Å²) in [6.45, 7) is 0.0344. The third-order valence-corrected chi connectivity index (χ3v) is 3.73. The molecular weight excluding hydrogens is 352 g/mol. The van der Waals surface area contributed by atoms with Crippen LogP contribution in [0.15, 0.2) is 41.0 Å². The highest BCUT2D eigenvalue weighted by Gasteiger charge is 2.28. The van der Waals surface area contributed by atoms with Crippen LogP contribution in [0.2, 0.25) is 0 Å². The number of aromatic nitrogens is 1. The Bertz CT molecular complexity index is 763. The molecule has 22 heavy (non-hydrogen) atoms. The van der Waals surface area contributed by atoms with E-state index in [1.54, 1.807) is 30.3 Å². The third kappa shape index (κ3) is 2.67. The van der Waals surface area contributed by atoms with Crippen LogP contribution >= 0.6 is 15.9 Å². The van der Waals surface area contributed by atoms with E-state index in [9.17, 15) is 14.7 Å². The number of carboxylic acid groups (broad SMARTS) is 1. The highest BCUT2D eigenvalue weighted by atomic mass is 79.9. The molecule has 6 nitrogen and oxygen atoms in total. The van der Waals surface area contributed by atoms with Crippen molar-refractivity contribution in [3.63, 3.8) is 0 Å². The monoisotopic (exact) mass is 362 g/mol. The van der Waals surface area contributed by atoms with Crippen molar-refractivity contribution in [2.75, 3.05) is 11.5 Å². The number of carbonyl (C=O) groups excluding carboxylic acids is 1. The van der Waals surface area contributed by atoms with E-state index in [4.69, 9.17) is 4.74 Å². The molecule has 1 aromatic heterocycles. The summed E-state index contributed by atoms with van der Waals surface area (Å²) in [5.74, 6) is -0.418. The molecule has 7 heteroatoms. The van der Waals surface area contributed by atoms with Gasteiger partial charge in [-0.05, 0) is 39.7 Å². The number of anilines is 1. The number of carbonyl (C=O) groups is 2. The van der Waals surface area contributed by atoms with Crippen molar-refractivity contribution in [3.8, 4) is 5.75 Å². The van der Waals surface area contributed by atoms with Crippen molar-refractivity contribution < 1.29 is 19.4 Å². The molecular formula is C15H11BrN2O4. The fourth-order valence-electron chi connectivity index (χ4n) is 2.25. The largest absolute Gasteiger partial charge is 0.480 e. The number of amides is 1. The van der Waals surface area contributed by atoms with Crippen LogP contribution in [-0.4, -0.2) is 28.6 Å². The maximum absolute atomic E-state index is 12.2. The maximum atomic E-state index is 12.2. The van der Waals surface area contributed by atoms with E-state index in [0.717, 1.165) is 0 Å².